The molecule has 1 aliphatic rings. The normalized spacial score (nSPS) is 17.4. The quantitative estimate of drug-likeness (QED) is 0.943. The van der Waals surface area contributed by atoms with E-state index in [2.05, 4.69) is 0 Å². The molecule has 0 radical (unpaired) electrons. The van der Waals surface area contributed by atoms with Gasteiger partial charge in [-0.1, -0.05) is 0 Å². The van der Waals surface area contributed by atoms with Gasteiger partial charge in [0.1, 0.15) is 17.7 Å². The molecular formula is C15H15F2N3O. The zero-order valence-corrected chi connectivity index (χ0v) is 11.5. The van der Waals surface area contributed by atoms with Gasteiger partial charge in [0.15, 0.2) is 0 Å². The Bertz CT molecular complexity index is 711. The number of carbonyl (C=O) groups excluding carboxylic acids is 1. The largest absolute Gasteiger partial charge is 0.350 e. The highest BCUT2D eigenvalue weighted by atomic mass is 19.1. The maximum Gasteiger partial charge on any atom is 0.249 e. The number of hydrogen-bond donors (Lipinski definition) is 1. The zero-order valence-electron chi connectivity index (χ0n) is 11.5. The third-order valence-electron chi connectivity index (χ3n) is 3.79. The van der Waals surface area contributed by atoms with E-state index in [9.17, 15) is 13.6 Å². The predicted octanol–water partition coefficient (Wildman–Crippen LogP) is 2.33. The van der Waals surface area contributed by atoms with Crippen LogP contribution in [0, 0.1) is 11.6 Å². The summed E-state index contributed by atoms with van der Waals surface area (Å²) in [6.07, 6.45) is 1.89. The molecular weight excluding hydrogens is 276 g/mol. The van der Waals surface area contributed by atoms with Gasteiger partial charge >= 0.3 is 0 Å². The van der Waals surface area contributed by atoms with Crippen LogP contribution in [0.5, 0.6) is 0 Å². The second kappa shape index (κ2) is 4.96. The molecule has 0 spiro atoms. The minimum atomic E-state index is -1.08. The standard InChI is InChI=1S/C15H15F2N3O/c1-2-19-5-3-4-10(19)8-20-12-7-9(16)6-11(17)13(12)14(18)15(20)21/h3-7,14H,2,8,18H2,1H3. The highest BCUT2D eigenvalue weighted by molar-refractivity contribution is 6.04. The molecule has 1 aliphatic heterocycles. The van der Waals surface area contributed by atoms with E-state index in [1.165, 1.54) is 4.90 Å². The van der Waals surface area contributed by atoms with Crippen LogP contribution in [0.3, 0.4) is 0 Å². The van der Waals surface area contributed by atoms with Crippen molar-refractivity contribution in [2.24, 2.45) is 5.73 Å². The van der Waals surface area contributed by atoms with Crippen molar-refractivity contribution in [3.05, 3.63) is 53.4 Å². The van der Waals surface area contributed by atoms with Crippen LogP contribution in [0.4, 0.5) is 14.5 Å². The summed E-state index contributed by atoms with van der Waals surface area (Å²) in [5.74, 6) is -1.92. The Labute approximate surface area is 120 Å². The van der Waals surface area contributed by atoms with Gasteiger partial charge in [0.25, 0.3) is 0 Å². The SMILES string of the molecule is CCn1cccc1CN1C(=O)C(N)c2c(F)cc(F)cc21. The van der Waals surface area contributed by atoms with E-state index in [4.69, 9.17) is 5.73 Å². The number of rotatable bonds is 3. The van der Waals surface area contributed by atoms with E-state index in [1.54, 1.807) is 0 Å². The first-order valence-electron chi connectivity index (χ1n) is 6.72. The summed E-state index contributed by atoms with van der Waals surface area (Å²) in [5.41, 5.74) is 6.94. The van der Waals surface area contributed by atoms with Crippen molar-refractivity contribution in [3.63, 3.8) is 0 Å². The molecule has 6 heteroatoms. The molecule has 1 amide bonds. The number of halogens is 2. The van der Waals surface area contributed by atoms with Crippen LogP contribution in [0.25, 0.3) is 0 Å². The molecule has 4 nitrogen and oxygen atoms in total. The lowest BCUT2D eigenvalue weighted by Crippen LogP contribution is -2.32. The molecule has 1 aromatic carbocycles. The van der Waals surface area contributed by atoms with Crippen LogP contribution in [-0.4, -0.2) is 10.5 Å². The molecule has 1 unspecified atom stereocenters. The molecule has 2 aromatic rings. The predicted molar refractivity (Wildman–Crippen MR) is 74.6 cm³/mol. The molecule has 0 saturated carbocycles. The van der Waals surface area contributed by atoms with E-state index in [1.807, 2.05) is 29.8 Å². The van der Waals surface area contributed by atoms with Gasteiger partial charge < -0.3 is 15.2 Å². The van der Waals surface area contributed by atoms with Crippen molar-refractivity contribution in [2.75, 3.05) is 4.90 Å². The van der Waals surface area contributed by atoms with Gasteiger partial charge in [0.05, 0.1) is 12.2 Å². The Morgan fingerprint density at radius 1 is 1.33 bits per heavy atom. The summed E-state index contributed by atoms with van der Waals surface area (Å²) in [4.78, 5) is 13.6. The molecule has 0 fully saturated rings. The molecule has 3 rings (SSSR count). The van der Waals surface area contributed by atoms with E-state index >= 15 is 0 Å². The third-order valence-corrected chi connectivity index (χ3v) is 3.79. The van der Waals surface area contributed by atoms with Gasteiger partial charge in [-0.3, -0.25) is 4.79 Å². The average Bonchev–Trinajstić information content (AvgIpc) is 2.97. The van der Waals surface area contributed by atoms with Gasteiger partial charge in [-0.2, -0.15) is 0 Å². The number of carbonyl (C=O) groups is 1. The van der Waals surface area contributed by atoms with Crippen molar-refractivity contribution in [2.45, 2.75) is 26.1 Å². The maximum absolute atomic E-state index is 13.9. The lowest BCUT2D eigenvalue weighted by molar-refractivity contribution is -0.119. The monoisotopic (exact) mass is 291 g/mol. The summed E-state index contributed by atoms with van der Waals surface area (Å²) in [6, 6.07) is 4.57. The lowest BCUT2D eigenvalue weighted by Gasteiger charge is -2.19. The summed E-state index contributed by atoms with van der Waals surface area (Å²) in [6.45, 7) is 2.97. The second-order valence-corrected chi connectivity index (χ2v) is 5.01. The number of fused-ring (bicyclic) bond motifs is 1. The summed E-state index contributed by atoms with van der Waals surface area (Å²) >= 11 is 0. The minimum absolute atomic E-state index is 0.0657. The van der Waals surface area contributed by atoms with E-state index in [-0.39, 0.29) is 17.8 Å². The fourth-order valence-corrected chi connectivity index (χ4v) is 2.74. The van der Waals surface area contributed by atoms with Crippen molar-refractivity contribution in [3.8, 4) is 0 Å². The number of nitrogens with two attached hydrogens (primary N) is 1. The highest BCUT2D eigenvalue weighted by Gasteiger charge is 2.38. The fourth-order valence-electron chi connectivity index (χ4n) is 2.74. The van der Waals surface area contributed by atoms with Gasteiger partial charge in [-0.15, -0.1) is 0 Å². The van der Waals surface area contributed by atoms with Crippen LogP contribution < -0.4 is 10.6 Å². The van der Waals surface area contributed by atoms with Gasteiger partial charge in [-0.05, 0) is 25.1 Å². The Morgan fingerprint density at radius 2 is 2.10 bits per heavy atom. The number of benzene rings is 1. The van der Waals surface area contributed by atoms with Crippen LogP contribution in [0.2, 0.25) is 0 Å². The van der Waals surface area contributed by atoms with Crippen LogP contribution in [0.15, 0.2) is 30.5 Å². The number of aryl methyl sites for hydroxylation is 1. The first-order chi connectivity index (χ1) is 10.0. The van der Waals surface area contributed by atoms with Gasteiger partial charge in [0.2, 0.25) is 5.91 Å². The number of aromatic nitrogens is 1. The molecule has 2 heterocycles. The molecule has 2 N–H and O–H groups in total. The van der Waals surface area contributed by atoms with E-state index in [0.717, 1.165) is 24.4 Å². The van der Waals surface area contributed by atoms with Gasteiger partial charge in [0, 0.05) is 30.1 Å². The molecule has 110 valence electrons. The van der Waals surface area contributed by atoms with Crippen LogP contribution in [0.1, 0.15) is 24.2 Å². The second-order valence-electron chi connectivity index (χ2n) is 5.01. The summed E-state index contributed by atoms with van der Waals surface area (Å²) in [5, 5.41) is 0. The van der Waals surface area contributed by atoms with E-state index < -0.39 is 23.6 Å². The van der Waals surface area contributed by atoms with Crippen molar-refractivity contribution >= 4 is 11.6 Å². The number of nitrogens with zero attached hydrogens (tertiary/aromatic N) is 2. The van der Waals surface area contributed by atoms with E-state index in [0.29, 0.717) is 0 Å². The third kappa shape index (κ3) is 2.12. The highest BCUT2D eigenvalue weighted by Crippen LogP contribution is 2.38. The van der Waals surface area contributed by atoms with Crippen molar-refractivity contribution in [1.82, 2.24) is 4.57 Å². The maximum atomic E-state index is 13.9. The Morgan fingerprint density at radius 3 is 2.81 bits per heavy atom. The Hall–Kier alpha value is -2.21. The smallest absolute Gasteiger partial charge is 0.249 e. The first-order valence-corrected chi connectivity index (χ1v) is 6.72. The molecule has 0 aliphatic carbocycles. The molecule has 0 saturated heterocycles. The number of hydrogen-bond acceptors (Lipinski definition) is 2. The van der Waals surface area contributed by atoms with Gasteiger partial charge in [-0.25, -0.2) is 8.78 Å². The lowest BCUT2D eigenvalue weighted by atomic mass is 10.1. The average molecular weight is 291 g/mol. The number of anilines is 1. The molecule has 0 bridgehead atoms. The Kier molecular flexibility index (Phi) is 3.25. The Balaban J connectivity index is 2.03. The first kappa shape index (κ1) is 13.8. The van der Waals surface area contributed by atoms with Crippen LogP contribution in [-0.2, 0) is 17.9 Å². The number of amides is 1. The fraction of sp³-hybridized carbons (Fsp3) is 0.267. The van der Waals surface area contributed by atoms with Crippen molar-refractivity contribution in [1.29, 1.82) is 0 Å². The topological polar surface area (TPSA) is 51.3 Å². The summed E-state index contributed by atoms with van der Waals surface area (Å²) in [7, 11) is 0. The van der Waals surface area contributed by atoms with Crippen molar-refractivity contribution < 1.29 is 13.6 Å². The molecule has 21 heavy (non-hydrogen) atoms. The summed E-state index contributed by atoms with van der Waals surface area (Å²) < 4.78 is 29.3. The minimum Gasteiger partial charge on any atom is -0.350 e. The zero-order chi connectivity index (χ0) is 15.1. The van der Waals surface area contributed by atoms with Crippen LogP contribution >= 0.6 is 0 Å². The molecule has 1 aromatic heterocycles. The molecule has 1 atom stereocenters.